The zero-order chi connectivity index (χ0) is 23.8. The molecule has 0 aliphatic carbocycles. The fourth-order valence-corrected chi connectivity index (χ4v) is 5.17. The lowest BCUT2D eigenvalue weighted by Gasteiger charge is -2.29. The number of hydrogen-bond acceptors (Lipinski definition) is 5. The van der Waals surface area contributed by atoms with Crippen LogP contribution in [0.3, 0.4) is 0 Å². The Balaban J connectivity index is 1.59. The van der Waals surface area contributed by atoms with Crippen LogP contribution in [0.2, 0.25) is 0 Å². The van der Waals surface area contributed by atoms with Crippen LogP contribution < -0.4 is 11.1 Å². The highest BCUT2D eigenvalue weighted by atomic mass is 127. The highest BCUT2D eigenvalue weighted by Gasteiger charge is 2.50. The highest BCUT2D eigenvalue weighted by Crippen LogP contribution is 2.36. The average Bonchev–Trinajstić information content (AvgIpc) is 3.09. The molecule has 1 aromatic heterocycles. The van der Waals surface area contributed by atoms with Gasteiger partial charge in [-0.3, -0.25) is 14.6 Å². The smallest absolute Gasteiger partial charge is 0.286 e. The monoisotopic (exact) mass is 633 g/mol. The number of aromatic nitrogens is 1. The number of amides is 2. The van der Waals surface area contributed by atoms with Crippen LogP contribution in [0.4, 0.5) is 20.2 Å². The molecule has 0 radical (unpaired) electrons. The van der Waals surface area contributed by atoms with E-state index >= 15 is 0 Å². The van der Waals surface area contributed by atoms with E-state index < -0.39 is 24.4 Å². The number of nitrogen functional groups attached to an aromatic ring is 1. The standard InChI is InChI=1S/C22H23BrF2IN5O2/c23-14-7-16(21(33)30-4-2-1-3-5-30)19(17(27)8-14)29-18-11-31(12-22(18,24)25)20(32)13-6-15(26)10-28-9-13/h6-10,18,29H,1-5,11-12,27H2. The van der Waals surface area contributed by atoms with E-state index in [-0.39, 0.29) is 35.0 Å². The Morgan fingerprint density at radius 1 is 1.12 bits per heavy atom. The number of carbonyl (C=O) groups excluding carboxylic acids is 2. The molecule has 1 unspecified atom stereocenters. The zero-order valence-corrected chi connectivity index (χ0v) is 21.4. The summed E-state index contributed by atoms with van der Waals surface area (Å²) in [5.41, 5.74) is 7.01. The number of pyridine rings is 1. The molecule has 0 bridgehead atoms. The number of likely N-dealkylation sites (tertiary alicyclic amines) is 2. The molecule has 2 saturated heterocycles. The molecular formula is C22H23BrF2IN5O2. The van der Waals surface area contributed by atoms with Gasteiger partial charge in [0.2, 0.25) is 0 Å². The van der Waals surface area contributed by atoms with Gasteiger partial charge in [-0.1, -0.05) is 15.9 Å². The second-order valence-corrected chi connectivity index (χ2v) is 10.5. The van der Waals surface area contributed by atoms with Gasteiger partial charge in [0.1, 0.15) is 6.04 Å². The molecule has 176 valence electrons. The third kappa shape index (κ3) is 5.23. The van der Waals surface area contributed by atoms with Gasteiger partial charge in [-0.25, -0.2) is 8.78 Å². The number of piperidine rings is 1. The first-order valence-corrected chi connectivity index (χ1v) is 12.5. The number of halogens is 4. The molecule has 1 atom stereocenters. The highest BCUT2D eigenvalue weighted by molar-refractivity contribution is 14.1. The summed E-state index contributed by atoms with van der Waals surface area (Å²) in [5, 5.41) is 2.81. The number of rotatable bonds is 4. The van der Waals surface area contributed by atoms with Crippen molar-refractivity contribution < 1.29 is 18.4 Å². The van der Waals surface area contributed by atoms with E-state index in [0.717, 1.165) is 27.7 Å². The van der Waals surface area contributed by atoms with E-state index in [0.29, 0.717) is 17.6 Å². The maximum absolute atomic E-state index is 15.0. The fourth-order valence-electron chi connectivity index (χ4n) is 4.20. The number of hydrogen-bond donors (Lipinski definition) is 2. The Morgan fingerprint density at radius 3 is 2.55 bits per heavy atom. The van der Waals surface area contributed by atoms with Crippen molar-refractivity contribution in [3.8, 4) is 0 Å². The maximum atomic E-state index is 15.0. The number of nitrogens with two attached hydrogens (primary N) is 1. The minimum atomic E-state index is -3.21. The third-order valence-corrected chi connectivity index (χ3v) is 6.93. The first-order valence-electron chi connectivity index (χ1n) is 10.6. The van der Waals surface area contributed by atoms with Crippen LogP contribution in [0, 0.1) is 3.57 Å². The lowest BCUT2D eigenvalue weighted by Crippen LogP contribution is -2.40. The number of anilines is 2. The number of benzene rings is 1. The lowest BCUT2D eigenvalue weighted by molar-refractivity contribution is 0.00430. The van der Waals surface area contributed by atoms with Crippen molar-refractivity contribution in [1.82, 2.24) is 14.8 Å². The Hall–Kier alpha value is -2.02. The molecule has 1 aromatic carbocycles. The summed E-state index contributed by atoms with van der Waals surface area (Å²) < 4.78 is 31.3. The van der Waals surface area contributed by atoms with Crippen LogP contribution in [0.1, 0.15) is 40.0 Å². The van der Waals surface area contributed by atoms with Crippen molar-refractivity contribution in [3.05, 3.63) is 49.8 Å². The van der Waals surface area contributed by atoms with Crippen molar-refractivity contribution in [2.45, 2.75) is 31.2 Å². The quantitative estimate of drug-likeness (QED) is 0.389. The molecule has 33 heavy (non-hydrogen) atoms. The van der Waals surface area contributed by atoms with Gasteiger partial charge in [0.15, 0.2) is 0 Å². The Kier molecular flexibility index (Phi) is 7.08. The topological polar surface area (TPSA) is 91.6 Å². The van der Waals surface area contributed by atoms with Crippen LogP contribution in [0.15, 0.2) is 35.1 Å². The van der Waals surface area contributed by atoms with E-state index in [1.54, 1.807) is 29.3 Å². The summed E-state index contributed by atoms with van der Waals surface area (Å²) in [4.78, 5) is 32.8. The summed E-state index contributed by atoms with van der Waals surface area (Å²) in [6, 6.07) is 3.39. The molecular weight excluding hydrogens is 611 g/mol. The molecule has 4 rings (SSSR count). The molecule has 2 aliphatic heterocycles. The van der Waals surface area contributed by atoms with Crippen LogP contribution in [0.25, 0.3) is 0 Å². The predicted octanol–water partition coefficient (Wildman–Crippen LogP) is 4.23. The predicted molar refractivity (Wildman–Crippen MR) is 134 cm³/mol. The molecule has 0 spiro atoms. The van der Waals surface area contributed by atoms with E-state index in [1.807, 2.05) is 22.6 Å². The number of nitrogens with one attached hydrogen (secondary N) is 1. The van der Waals surface area contributed by atoms with Gasteiger partial charge < -0.3 is 20.9 Å². The SMILES string of the molecule is Nc1cc(Br)cc(C(=O)N2CCCCC2)c1NC1CN(C(=O)c2cncc(I)c2)CC1(F)F. The molecule has 11 heteroatoms. The minimum Gasteiger partial charge on any atom is -0.397 e. The summed E-state index contributed by atoms with van der Waals surface area (Å²) in [6.07, 6.45) is 5.82. The van der Waals surface area contributed by atoms with Gasteiger partial charge >= 0.3 is 0 Å². The second-order valence-electron chi connectivity index (χ2n) is 8.31. The third-order valence-electron chi connectivity index (χ3n) is 5.88. The molecule has 2 aliphatic rings. The Morgan fingerprint density at radius 2 is 1.85 bits per heavy atom. The average molecular weight is 634 g/mol. The van der Waals surface area contributed by atoms with Crippen LogP contribution in [0.5, 0.6) is 0 Å². The van der Waals surface area contributed by atoms with Crippen LogP contribution >= 0.6 is 38.5 Å². The van der Waals surface area contributed by atoms with Crippen molar-refractivity contribution in [2.75, 3.05) is 37.2 Å². The molecule has 2 aromatic rings. The minimum absolute atomic E-state index is 0.170. The number of carbonyl (C=O) groups is 2. The largest absolute Gasteiger partial charge is 0.397 e. The molecule has 3 heterocycles. The van der Waals surface area contributed by atoms with E-state index in [9.17, 15) is 18.4 Å². The molecule has 0 saturated carbocycles. The van der Waals surface area contributed by atoms with Gasteiger partial charge in [-0.2, -0.15) is 0 Å². The molecule has 2 amide bonds. The van der Waals surface area contributed by atoms with Gasteiger partial charge in [0.05, 0.1) is 29.0 Å². The molecule has 3 N–H and O–H groups in total. The van der Waals surface area contributed by atoms with Gasteiger partial charge in [-0.05, 0) is 60.1 Å². The number of nitrogens with zero attached hydrogens (tertiary/aromatic N) is 3. The van der Waals surface area contributed by atoms with E-state index in [4.69, 9.17) is 5.73 Å². The first kappa shape index (κ1) is 24.1. The Bertz CT molecular complexity index is 1080. The van der Waals surface area contributed by atoms with Crippen molar-refractivity contribution in [1.29, 1.82) is 0 Å². The van der Waals surface area contributed by atoms with Gasteiger partial charge in [-0.15, -0.1) is 0 Å². The van der Waals surface area contributed by atoms with Gasteiger partial charge in [0.25, 0.3) is 17.7 Å². The van der Waals surface area contributed by atoms with Crippen LogP contribution in [-0.4, -0.2) is 64.7 Å². The summed E-state index contributed by atoms with van der Waals surface area (Å²) in [6.45, 7) is 0.276. The first-order chi connectivity index (χ1) is 15.7. The summed E-state index contributed by atoms with van der Waals surface area (Å²) >= 11 is 5.36. The number of alkyl halides is 2. The lowest BCUT2D eigenvalue weighted by atomic mass is 10.1. The zero-order valence-electron chi connectivity index (χ0n) is 17.7. The summed E-state index contributed by atoms with van der Waals surface area (Å²) in [5.74, 6) is -3.97. The van der Waals surface area contributed by atoms with Crippen molar-refractivity contribution >= 4 is 61.7 Å². The van der Waals surface area contributed by atoms with E-state index in [1.165, 1.54) is 6.20 Å². The van der Waals surface area contributed by atoms with Crippen LogP contribution in [-0.2, 0) is 0 Å². The normalized spacial score (nSPS) is 20.1. The summed E-state index contributed by atoms with van der Waals surface area (Å²) in [7, 11) is 0. The molecule has 2 fully saturated rings. The van der Waals surface area contributed by atoms with Gasteiger partial charge in [0, 0.05) is 40.1 Å². The van der Waals surface area contributed by atoms with Crippen molar-refractivity contribution in [3.63, 3.8) is 0 Å². The molecule has 7 nitrogen and oxygen atoms in total. The second kappa shape index (κ2) is 9.69. The van der Waals surface area contributed by atoms with E-state index in [2.05, 4.69) is 26.2 Å². The maximum Gasteiger partial charge on any atom is 0.286 e. The Labute approximate surface area is 212 Å². The fraction of sp³-hybridized carbons (Fsp3) is 0.409. The van der Waals surface area contributed by atoms with Crippen molar-refractivity contribution in [2.24, 2.45) is 0 Å².